The van der Waals surface area contributed by atoms with Crippen LogP contribution in [-0.2, 0) is 4.74 Å². The van der Waals surface area contributed by atoms with Gasteiger partial charge < -0.3 is 10.1 Å². The average molecular weight is 198 g/mol. The lowest BCUT2D eigenvalue weighted by molar-refractivity contribution is 0.0517. The molecule has 68 valence electrons. The predicted molar refractivity (Wildman–Crippen MR) is 50.1 cm³/mol. The van der Waals surface area contributed by atoms with E-state index in [0.29, 0.717) is 10.6 Å². The summed E-state index contributed by atoms with van der Waals surface area (Å²) in [7, 11) is 0. The molecule has 1 aromatic rings. The van der Waals surface area contributed by atoms with E-state index in [1.54, 1.807) is 6.07 Å². The highest BCUT2D eigenvalue weighted by Crippen LogP contribution is 2.28. The number of hydrogen-bond acceptors (Lipinski definition) is 3. The van der Waals surface area contributed by atoms with Gasteiger partial charge in [-0.1, -0.05) is 11.6 Å². The summed E-state index contributed by atoms with van der Waals surface area (Å²) in [6, 6.07) is 3.42. The second-order valence-corrected chi connectivity index (χ2v) is 3.33. The number of anilines is 1. The molecule has 0 spiro atoms. The van der Waals surface area contributed by atoms with E-state index in [1.807, 2.05) is 13.0 Å². The van der Waals surface area contributed by atoms with Crippen molar-refractivity contribution in [3.8, 4) is 0 Å². The van der Waals surface area contributed by atoms with Crippen molar-refractivity contribution in [3.63, 3.8) is 0 Å². The van der Waals surface area contributed by atoms with E-state index in [9.17, 15) is 4.79 Å². The van der Waals surface area contributed by atoms with Crippen molar-refractivity contribution in [1.82, 2.24) is 0 Å². The van der Waals surface area contributed by atoms with Crippen molar-refractivity contribution >= 4 is 23.3 Å². The topological polar surface area (TPSA) is 38.3 Å². The number of hydrogen-bond donors (Lipinski definition) is 1. The van der Waals surface area contributed by atoms with Crippen LogP contribution in [0.25, 0.3) is 0 Å². The first kappa shape index (κ1) is 8.38. The van der Waals surface area contributed by atoms with Crippen LogP contribution >= 0.6 is 11.6 Å². The number of ether oxygens (including phenoxy) is 1. The Kier molecular flexibility index (Phi) is 1.88. The Labute approximate surface area is 80.6 Å². The zero-order valence-electron chi connectivity index (χ0n) is 7.06. The predicted octanol–water partition coefficient (Wildman–Crippen LogP) is 2.19. The molecule has 1 aliphatic heterocycles. The van der Waals surface area contributed by atoms with Crippen LogP contribution in [0.15, 0.2) is 12.1 Å². The maximum Gasteiger partial charge on any atom is 0.342 e. The van der Waals surface area contributed by atoms with Crippen molar-refractivity contribution in [2.24, 2.45) is 0 Å². The molecule has 0 saturated carbocycles. The maximum atomic E-state index is 11.3. The first-order valence-electron chi connectivity index (χ1n) is 3.89. The summed E-state index contributed by atoms with van der Waals surface area (Å²) in [5.74, 6) is -0.320. The van der Waals surface area contributed by atoms with Crippen LogP contribution in [0.4, 0.5) is 5.69 Å². The van der Waals surface area contributed by atoms with Crippen LogP contribution in [0.2, 0.25) is 5.02 Å². The zero-order chi connectivity index (χ0) is 9.42. The van der Waals surface area contributed by atoms with Gasteiger partial charge in [0.15, 0.2) is 6.73 Å². The van der Waals surface area contributed by atoms with Crippen molar-refractivity contribution in [1.29, 1.82) is 0 Å². The fourth-order valence-corrected chi connectivity index (χ4v) is 1.66. The van der Waals surface area contributed by atoms with Gasteiger partial charge in [-0.25, -0.2) is 4.79 Å². The quantitative estimate of drug-likeness (QED) is 0.648. The highest BCUT2D eigenvalue weighted by Gasteiger charge is 2.19. The zero-order valence-corrected chi connectivity index (χ0v) is 7.81. The molecule has 0 aliphatic carbocycles. The number of carbonyl (C=O) groups excluding carboxylic acids is 1. The highest BCUT2D eigenvalue weighted by atomic mass is 35.5. The van der Waals surface area contributed by atoms with Crippen molar-refractivity contribution < 1.29 is 9.53 Å². The fourth-order valence-electron chi connectivity index (χ4n) is 1.39. The Morgan fingerprint density at radius 2 is 2.31 bits per heavy atom. The van der Waals surface area contributed by atoms with E-state index in [-0.39, 0.29) is 12.7 Å². The number of nitrogens with one attached hydrogen (secondary N) is 1. The molecule has 1 aromatic carbocycles. The van der Waals surface area contributed by atoms with E-state index >= 15 is 0 Å². The third-order valence-corrected chi connectivity index (χ3v) is 2.19. The third-order valence-electron chi connectivity index (χ3n) is 1.97. The van der Waals surface area contributed by atoms with Crippen LogP contribution in [0.3, 0.4) is 0 Å². The minimum absolute atomic E-state index is 0.230. The summed E-state index contributed by atoms with van der Waals surface area (Å²) in [5, 5.41) is 3.54. The molecular formula is C9H8ClNO2. The van der Waals surface area contributed by atoms with Crippen LogP contribution in [0, 0.1) is 6.92 Å². The molecule has 1 aliphatic rings. The summed E-state index contributed by atoms with van der Waals surface area (Å²) in [5.41, 5.74) is 2.29. The summed E-state index contributed by atoms with van der Waals surface area (Å²) >= 11 is 5.81. The summed E-state index contributed by atoms with van der Waals surface area (Å²) < 4.78 is 4.81. The largest absolute Gasteiger partial charge is 0.441 e. The standard InChI is InChI=1S/C9H8ClNO2/c1-5-2-6(10)3-7-8(5)11-4-13-9(7)12/h2-3,11H,4H2,1H3. The molecule has 0 radical (unpaired) electrons. The van der Waals surface area contributed by atoms with Crippen molar-refractivity contribution in [3.05, 3.63) is 28.3 Å². The van der Waals surface area contributed by atoms with Gasteiger partial charge in [-0.05, 0) is 24.6 Å². The minimum Gasteiger partial charge on any atom is -0.441 e. The molecule has 0 atom stereocenters. The molecule has 3 nitrogen and oxygen atoms in total. The van der Waals surface area contributed by atoms with Crippen LogP contribution in [0.5, 0.6) is 0 Å². The minimum atomic E-state index is -0.320. The smallest absolute Gasteiger partial charge is 0.342 e. The van der Waals surface area contributed by atoms with Gasteiger partial charge in [-0.15, -0.1) is 0 Å². The Morgan fingerprint density at radius 3 is 3.08 bits per heavy atom. The number of benzene rings is 1. The Bertz CT molecular complexity index is 376. The van der Waals surface area contributed by atoms with E-state index in [4.69, 9.17) is 16.3 Å². The number of halogens is 1. The van der Waals surface area contributed by atoms with Gasteiger partial charge in [0.2, 0.25) is 0 Å². The van der Waals surface area contributed by atoms with Gasteiger partial charge in [-0.2, -0.15) is 0 Å². The molecular weight excluding hydrogens is 190 g/mol. The molecule has 4 heteroatoms. The van der Waals surface area contributed by atoms with Gasteiger partial charge in [-0.3, -0.25) is 0 Å². The van der Waals surface area contributed by atoms with E-state index in [1.165, 1.54) is 0 Å². The fraction of sp³-hybridized carbons (Fsp3) is 0.222. The number of fused-ring (bicyclic) bond motifs is 1. The van der Waals surface area contributed by atoms with Crippen LogP contribution in [0.1, 0.15) is 15.9 Å². The van der Waals surface area contributed by atoms with E-state index in [0.717, 1.165) is 11.3 Å². The Morgan fingerprint density at radius 1 is 1.54 bits per heavy atom. The summed E-state index contributed by atoms with van der Waals surface area (Å²) in [6.07, 6.45) is 0. The lowest BCUT2D eigenvalue weighted by Crippen LogP contribution is -2.21. The molecule has 2 rings (SSSR count). The lowest BCUT2D eigenvalue weighted by Gasteiger charge is -2.19. The second-order valence-electron chi connectivity index (χ2n) is 2.90. The van der Waals surface area contributed by atoms with E-state index in [2.05, 4.69) is 5.32 Å². The summed E-state index contributed by atoms with van der Waals surface area (Å²) in [6.45, 7) is 2.13. The Balaban J connectivity index is 2.63. The number of rotatable bonds is 0. The van der Waals surface area contributed by atoms with Crippen LogP contribution < -0.4 is 5.32 Å². The normalized spacial score (nSPS) is 14.5. The average Bonchev–Trinajstić information content (AvgIpc) is 2.07. The number of carbonyl (C=O) groups is 1. The third kappa shape index (κ3) is 1.35. The van der Waals surface area contributed by atoms with Gasteiger partial charge in [0.1, 0.15) is 0 Å². The van der Waals surface area contributed by atoms with Gasteiger partial charge in [0.25, 0.3) is 0 Å². The molecule has 1 N–H and O–H groups in total. The first-order chi connectivity index (χ1) is 6.18. The molecule has 0 unspecified atom stereocenters. The molecule has 0 bridgehead atoms. The maximum absolute atomic E-state index is 11.3. The number of esters is 1. The molecule has 1 heterocycles. The number of cyclic esters (lactones) is 1. The monoisotopic (exact) mass is 197 g/mol. The van der Waals surface area contributed by atoms with Gasteiger partial charge in [0.05, 0.1) is 11.3 Å². The first-order valence-corrected chi connectivity index (χ1v) is 4.27. The number of aryl methyl sites for hydroxylation is 1. The van der Waals surface area contributed by atoms with Gasteiger partial charge >= 0.3 is 5.97 Å². The Hall–Kier alpha value is -1.22. The molecule has 0 saturated heterocycles. The molecule has 0 aromatic heterocycles. The second kappa shape index (κ2) is 2.92. The van der Waals surface area contributed by atoms with Gasteiger partial charge in [0, 0.05) is 5.02 Å². The van der Waals surface area contributed by atoms with Crippen molar-refractivity contribution in [2.45, 2.75) is 6.92 Å². The molecule has 0 fully saturated rings. The molecule has 13 heavy (non-hydrogen) atoms. The highest BCUT2D eigenvalue weighted by molar-refractivity contribution is 6.31. The molecule has 0 amide bonds. The van der Waals surface area contributed by atoms with E-state index < -0.39 is 0 Å². The lowest BCUT2D eigenvalue weighted by atomic mass is 10.1. The SMILES string of the molecule is Cc1cc(Cl)cc2c1NCOC2=O. The van der Waals surface area contributed by atoms with Crippen LogP contribution in [-0.4, -0.2) is 12.7 Å². The summed E-state index contributed by atoms with van der Waals surface area (Å²) in [4.78, 5) is 11.3. The van der Waals surface area contributed by atoms with Crippen molar-refractivity contribution in [2.75, 3.05) is 12.0 Å².